The van der Waals surface area contributed by atoms with Crippen LogP contribution < -0.4 is 10.6 Å². The predicted molar refractivity (Wildman–Crippen MR) is 117 cm³/mol. The standard InChI is InChI=1S/C23H23N5O2/c29-20(26-16-6-2-1-3-7-16)14-28-12-10-17(11-13-28)27-23-22-21(24-15-25-23)18-8-4-5-9-19(18)30-22/h1-9,15,17H,10-14H2,(H,26,29)(H,24,25,27). The monoisotopic (exact) mass is 401 g/mol. The Morgan fingerprint density at radius 1 is 1.03 bits per heavy atom. The molecule has 2 N–H and O–H groups in total. The van der Waals surface area contributed by atoms with E-state index in [1.54, 1.807) is 6.33 Å². The first-order chi connectivity index (χ1) is 14.8. The topological polar surface area (TPSA) is 83.3 Å². The molecule has 2 aromatic heterocycles. The molecule has 0 aliphatic carbocycles. The van der Waals surface area contributed by atoms with Gasteiger partial charge in [-0.05, 0) is 37.1 Å². The summed E-state index contributed by atoms with van der Waals surface area (Å²) in [5, 5.41) is 7.47. The third-order valence-corrected chi connectivity index (χ3v) is 5.51. The van der Waals surface area contributed by atoms with E-state index in [0.717, 1.165) is 53.9 Å². The number of benzene rings is 2. The Balaban J connectivity index is 1.20. The van der Waals surface area contributed by atoms with Gasteiger partial charge in [-0.2, -0.15) is 0 Å². The highest BCUT2D eigenvalue weighted by Crippen LogP contribution is 2.31. The third kappa shape index (κ3) is 3.84. The van der Waals surface area contributed by atoms with Crippen LogP contribution in [0.4, 0.5) is 11.5 Å². The summed E-state index contributed by atoms with van der Waals surface area (Å²) in [5.41, 5.74) is 3.18. The Bertz CT molecular complexity index is 1170. The number of likely N-dealkylation sites (tertiary alicyclic amines) is 1. The molecule has 0 radical (unpaired) electrons. The molecule has 1 aliphatic heterocycles. The van der Waals surface area contributed by atoms with E-state index in [2.05, 4.69) is 25.5 Å². The lowest BCUT2D eigenvalue weighted by molar-refractivity contribution is -0.117. The maximum absolute atomic E-state index is 12.3. The summed E-state index contributed by atoms with van der Waals surface area (Å²) < 4.78 is 6.00. The number of nitrogens with one attached hydrogen (secondary N) is 2. The molecule has 1 aliphatic rings. The fraction of sp³-hybridized carbons (Fsp3) is 0.261. The van der Waals surface area contributed by atoms with Crippen LogP contribution in [0.15, 0.2) is 65.3 Å². The van der Waals surface area contributed by atoms with Gasteiger partial charge in [0.25, 0.3) is 0 Å². The highest BCUT2D eigenvalue weighted by Gasteiger charge is 2.22. The average Bonchev–Trinajstić information content (AvgIpc) is 3.16. The van der Waals surface area contributed by atoms with Crippen LogP contribution >= 0.6 is 0 Å². The normalized spacial score (nSPS) is 15.5. The largest absolute Gasteiger partial charge is 0.450 e. The van der Waals surface area contributed by atoms with E-state index in [1.165, 1.54) is 0 Å². The smallest absolute Gasteiger partial charge is 0.238 e. The second-order valence-electron chi connectivity index (χ2n) is 7.61. The predicted octanol–water partition coefficient (Wildman–Crippen LogP) is 3.89. The molecule has 0 unspecified atom stereocenters. The summed E-state index contributed by atoms with van der Waals surface area (Å²) in [6.07, 6.45) is 3.45. The zero-order valence-electron chi connectivity index (χ0n) is 16.5. The summed E-state index contributed by atoms with van der Waals surface area (Å²) in [5.74, 6) is 0.754. The minimum Gasteiger partial charge on any atom is -0.450 e. The van der Waals surface area contributed by atoms with Crippen molar-refractivity contribution in [2.24, 2.45) is 0 Å². The van der Waals surface area contributed by atoms with Crippen LogP contribution in [0.2, 0.25) is 0 Å². The lowest BCUT2D eigenvalue weighted by Crippen LogP contribution is -2.42. The molecule has 3 heterocycles. The molecule has 0 saturated carbocycles. The maximum Gasteiger partial charge on any atom is 0.238 e. The number of aromatic nitrogens is 2. The minimum atomic E-state index is 0.0207. The number of furan rings is 1. The Morgan fingerprint density at radius 2 is 1.80 bits per heavy atom. The number of rotatable bonds is 5. The SMILES string of the molecule is O=C(CN1CCC(Nc2ncnc3c2oc2ccccc23)CC1)Nc1ccccc1. The van der Waals surface area contributed by atoms with Crippen molar-refractivity contribution in [1.82, 2.24) is 14.9 Å². The van der Waals surface area contributed by atoms with Crippen molar-refractivity contribution in [3.8, 4) is 0 Å². The number of carbonyl (C=O) groups is 1. The van der Waals surface area contributed by atoms with Crippen molar-refractivity contribution >= 4 is 39.5 Å². The summed E-state index contributed by atoms with van der Waals surface area (Å²) in [6, 6.07) is 17.7. The van der Waals surface area contributed by atoms with Crippen molar-refractivity contribution < 1.29 is 9.21 Å². The summed E-state index contributed by atoms with van der Waals surface area (Å²) >= 11 is 0. The Labute approximate surface area is 174 Å². The van der Waals surface area contributed by atoms with Crippen molar-refractivity contribution in [1.29, 1.82) is 0 Å². The fourth-order valence-electron chi connectivity index (χ4n) is 3.98. The van der Waals surface area contributed by atoms with Gasteiger partial charge in [-0.3, -0.25) is 9.69 Å². The van der Waals surface area contributed by atoms with Crippen molar-refractivity contribution in [2.75, 3.05) is 30.3 Å². The number of hydrogen-bond acceptors (Lipinski definition) is 6. The second kappa shape index (κ2) is 8.12. The van der Waals surface area contributed by atoms with Crippen molar-refractivity contribution in [2.45, 2.75) is 18.9 Å². The zero-order chi connectivity index (χ0) is 20.3. The number of para-hydroxylation sites is 2. The number of piperidine rings is 1. The number of anilines is 2. The van der Waals surface area contributed by atoms with Gasteiger partial charge in [0.2, 0.25) is 5.91 Å². The molecule has 1 fully saturated rings. The maximum atomic E-state index is 12.3. The molecule has 0 atom stereocenters. The molecule has 0 bridgehead atoms. The molecule has 4 aromatic rings. The first-order valence-corrected chi connectivity index (χ1v) is 10.2. The first kappa shape index (κ1) is 18.6. The molecule has 30 heavy (non-hydrogen) atoms. The van der Waals surface area contributed by atoms with Crippen molar-refractivity contribution in [3.05, 3.63) is 60.9 Å². The Hall–Kier alpha value is -3.45. The van der Waals surface area contributed by atoms with E-state index in [4.69, 9.17) is 4.42 Å². The van der Waals surface area contributed by atoms with Crippen LogP contribution in [0.5, 0.6) is 0 Å². The lowest BCUT2D eigenvalue weighted by Gasteiger charge is -2.32. The Morgan fingerprint density at radius 3 is 2.63 bits per heavy atom. The highest BCUT2D eigenvalue weighted by atomic mass is 16.3. The fourth-order valence-corrected chi connectivity index (χ4v) is 3.98. The lowest BCUT2D eigenvalue weighted by atomic mass is 10.0. The van der Waals surface area contributed by atoms with Gasteiger partial charge in [0.15, 0.2) is 11.4 Å². The minimum absolute atomic E-state index is 0.0207. The average molecular weight is 401 g/mol. The third-order valence-electron chi connectivity index (χ3n) is 5.51. The van der Waals surface area contributed by atoms with Crippen LogP contribution in [-0.4, -0.2) is 46.5 Å². The summed E-state index contributed by atoms with van der Waals surface area (Å²) in [7, 11) is 0. The van der Waals surface area contributed by atoms with Crippen LogP contribution in [0.25, 0.3) is 22.1 Å². The van der Waals surface area contributed by atoms with Gasteiger partial charge >= 0.3 is 0 Å². The summed E-state index contributed by atoms with van der Waals surface area (Å²) in [6.45, 7) is 2.12. The van der Waals surface area contributed by atoms with Crippen LogP contribution in [0.3, 0.4) is 0 Å². The first-order valence-electron chi connectivity index (χ1n) is 10.2. The molecule has 2 aromatic carbocycles. The zero-order valence-corrected chi connectivity index (χ0v) is 16.5. The molecular weight excluding hydrogens is 378 g/mol. The van der Waals surface area contributed by atoms with Gasteiger partial charge in [-0.1, -0.05) is 30.3 Å². The van der Waals surface area contributed by atoms with Crippen LogP contribution in [0.1, 0.15) is 12.8 Å². The molecule has 7 heteroatoms. The molecule has 152 valence electrons. The second-order valence-corrected chi connectivity index (χ2v) is 7.61. The van der Waals surface area contributed by atoms with Crippen LogP contribution in [0, 0.1) is 0 Å². The molecular formula is C23H23N5O2. The number of hydrogen-bond donors (Lipinski definition) is 2. The van der Waals surface area contributed by atoms with E-state index in [-0.39, 0.29) is 11.9 Å². The number of fused-ring (bicyclic) bond motifs is 3. The van der Waals surface area contributed by atoms with E-state index in [9.17, 15) is 4.79 Å². The van der Waals surface area contributed by atoms with E-state index in [0.29, 0.717) is 12.1 Å². The number of carbonyl (C=O) groups excluding carboxylic acids is 1. The van der Waals surface area contributed by atoms with Crippen LogP contribution in [-0.2, 0) is 4.79 Å². The van der Waals surface area contributed by atoms with Gasteiger partial charge in [0, 0.05) is 30.2 Å². The van der Waals surface area contributed by atoms with Gasteiger partial charge in [0.05, 0.1) is 6.54 Å². The van der Waals surface area contributed by atoms with Crippen molar-refractivity contribution in [3.63, 3.8) is 0 Å². The van der Waals surface area contributed by atoms with Gasteiger partial charge < -0.3 is 15.1 Å². The molecule has 1 saturated heterocycles. The molecule has 1 amide bonds. The number of nitrogens with zero attached hydrogens (tertiary/aromatic N) is 3. The summed E-state index contributed by atoms with van der Waals surface area (Å²) in [4.78, 5) is 23.3. The van der Waals surface area contributed by atoms with E-state index >= 15 is 0 Å². The van der Waals surface area contributed by atoms with E-state index in [1.807, 2.05) is 54.6 Å². The highest BCUT2D eigenvalue weighted by molar-refractivity contribution is 6.05. The van der Waals surface area contributed by atoms with Gasteiger partial charge in [-0.15, -0.1) is 0 Å². The van der Waals surface area contributed by atoms with Gasteiger partial charge in [0.1, 0.15) is 17.4 Å². The molecule has 7 nitrogen and oxygen atoms in total. The van der Waals surface area contributed by atoms with E-state index < -0.39 is 0 Å². The van der Waals surface area contributed by atoms with Gasteiger partial charge in [-0.25, -0.2) is 9.97 Å². The molecule has 5 rings (SSSR count). The Kier molecular flexibility index (Phi) is 5.03. The number of amides is 1. The quantitative estimate of drug-likeness (QED) is 0.528. The molecule has 0 spiro atoms.